The number of aromatic hydroxyl groups is 1. The maximum absolute atomic E-state index is 12.4. The molecule has 0 bridgehead atoms. The molecule has 4 aromatic rings. The van der Waals surface area contributed by atoms with E-state index in [1.807, 2.05) is 60.8 Å². The maximum Gasteiger partial charge on any atom is 0.328 e. The lowest BCUT2D eigenvalue weighted by Gasteiger charge is -2.17. The third-order valence-electron chi connectivity index (χ3n) is 5.28. The molecule has 0 aliphatic heterocycles. The van der Waals surface area contributed by atoms with Crippen molar-refractivity contribution in [2.75, 3.05) is 0 Å². The number of hydrogen-bond donors (Lipinski definition) is 4. The number of aromatic nitrogens is 3. The normalized spacial score (nSPS) is 16.0. The van der Waals surface area contributed by atoms with Crippen molar-refractivity contribution in [3.63, 3.8) is 0 Å². The highest BCUT2D eigenvalue weighted by atomic mass is 16.3. The quantitative estimate of drug-likeness (QED) is 0.422. The number of aromatic amines is 3. The summed E-state index contributed by atoms with van der Waals surface area (Å²) < 4.78 is 0. The molecule has 0 fully saturated rings. The summed E-state index contributed by atoms with van der Waals surface area (Å²) in [5.41, 5.74) is 1.81. The Morgan fingerprint density at radius 2 is 1.86 bits per heavy atom. The van der Waals surface area contributed by atoms with E-state index in [0.717, 1.165) is 32.5 Å². The Labute approximate surface area is 164 Å². The lowest BCUT2D eigenvalue weighted by atomic mass is 9.87. The summed E-state index contributed by atoms with van der Waals surface area (Å²) in [6.45, 7) is 0. The van der Waals surface area contributed by atoms with Crippen molar-refractivity contribution in [2.24, 2.45) is 0 Å². The molecule has 2 heterocycles. The summed E-state index contributed by atoms with van der Waals surface area (Å²) in [5.74, 6) is -0.876. The van der Waals surface area contributed by atoms with E-state index in [1.54, 1.807) is 0 Å². The van der Waals surface area contributed by atoms with Gasteiger partial charge in [0.1, 0.15) is 0 Å². The van der Waals surface area contributed by atoms with Crippen molar-refractivity contribution in [3.8, 4) is 5.88 Å². The molecule has 0 radical (unpaired) electrons. The maximum atomic E-state index is 12.4. The van der Waals surface area contributed by atoms with Crippen LogP contribution in [-0.2, 0) is 0 Å². The van der Waals surface area contributed by atoms with Gasteiger partial charge in [0.2, 0.25) is 5.88 Å². The number of para-hydroxylation sites is 1. The SMILES string of the molecule is O=c1[nH]c(O)c(C2C=CC=c3c2cccc3=Cc2c[nH]c3ccccc23)c(=O)[nH]1. The number of benzene rings is 2. The molecule has 0 saturated heterocycles. The molecule has 1 aliphatic carbocycles. The van der Waals surface area contributed by atoms with Gasteiger partial charge in [-0.3, -0.25) is 14.8 Å². The van der Waals surface area contributed by atoms with E-state index in [9.17, 15) is 14.7 Å². The molecule has 1 unspecified atom stereocenters. The van der Waals surface area contributed by atoms with Crippen LogP contribution in [0, 0.1) is 0 Å². The van der Waals surface area contributed by atoms with Crippen molar-refractivity contribution in [2.45, 2.75) is 5.92 Å². The highest BCUT2D eigenvalue weighted by Gasteiger charge is 2.22. The van der Waals surface area contributed by atoms with Gasteiger partial charge in [-0.05, 0) is 28.1 Å². The highest BCUT2D eigenvalue weighted by molar-refractivity contribution is 5.88. The predicted molar refractivity (Wildman–Crippen MR) is 112 cm³/mol. The molecule has 0 spiro atoms. The standard InChI is InChI=1S/C23H17N3O3/c27-21-20(22(28)26-23(29)25-21)18-9-4-7-15-13(5-3-8-17(15)18)11-14-12-24-19-10-2-1-6-16(14)19/h1-12,18,24H,(H3,25,26,27,28,29). The molecule has 1 atom stereocenters. The molecule has 2 aromatic carbocycles. The van der Waals surface area contributed by atoms with Gasteiger partial charge >= 0.3 is 5.69 Å². The molecular formula is C23H17N3O3. The fraction of sp³-hybridized carbons (Fsp3) is 0.0435. The number of fused-ring (bicyclic) bond motifs is 2. The van der Waals surface area contributed by atoms with Gasteiger partial charge in [0.15, 0.2) is 0 Å². The second-order valence-corrected chi connectivity index (χ2v) is 6.98. The molecule has 4 N–H and O–H groups in total. The minimum atomic E-state index is -0.732. The summed E-state index contributed by atoms with van der Waals surface area (Å²) in [6, 6.07) is 14.0. The van der Waals surface area contributed by atoms with E-state index in [-0.39, 0.29) is 5.56 Å². The molecule has 2 aromatic heterocycles. The second kappa shape index (κ2) is 6.53. The van der Waals surface area contributed by atoms with Crippen LogP contribution in [0.25, 0.3) is 23.1 Å². The van der Waals surface area contributed by atoms with Gasteiger partial charge in [-0.15, -0.1) is 0 Å². The Kier molecular flexibility index (Phi) is 3.84. The van der Waals surface area contributed by atoms with E-state index in [2.05, 4.69) is 27.1 Å². The molecule has 5 rings (SSSR count). The van der Waals surface area contributed by atoms with Gasteiger partial charge in [-0.25, -0.2) is 4.79 Å². The molecule has 29 heavy (non-hydrogen) atoms. The zero-order chi connectivity index (χ0) is 20.0. The summed E-state index contributed by atoms with van der Waals surface area (Å²) >= 11 is 0. The summed E-state index contributed by atoms with van der Waals surface area (Å²) in [7, 11) is 0. The van der Waals surface area contributed by atoms with Crippen LogP contribution in [0.5, 0.6) is 5.88 Å². The van der Waals surface area contributed by atoms with E-state index in [0.29, 0.717) is 0 Å². The lowest BCUT2D eigenvalue weighted by Crippen LogP contribution is -2.34. The van der Waals surface area contributed by atoms with Crippen LogP contribution in [0.2, 0.25) is 0 Å². The topological polar surface area (TPSA) is 102 Å². The number of nitrogens with one attached hydrogen (secondary N) is 3. The minimum Gasteiger partial charge on any atom is -0.494 e. The van der Waals surface area contributed by atoms with E-state index >= 15 is 0 Å². The molecule has 0 saturated carbocycles. The monoisotopic (exact) mass is 383 g/mol. The van der Waals surface area contributed by atoms with Gasteiger partial charge in [0, 0.05) is 28.6 Å². The number of H-pyrrole nitrogens is 3. The van der Waals surface area contributed by atoms with E-state index < -0.39 is 23.0 Å². The number of rotatable bonds is 2. The zero-order valence-electron chi connectivity index (χ0n) is 15.3. The Hall–Kier alpha value is -4.06. The van der Waals surface area contributed by atoms with Crippen LogP contribution in [0.4, 0.5) is 0 Å². The lowest BCUT2D eigenvalue weighted by molar-refractivity contribution is 0.439. The van der Waals surface area contributed by atoms with Crippen LogP contribution in [-0.4, -0.2) is 20.1 Å². The van der Waals surface area contributed by atoms with Gasteiger partial charge in [-0.2, -0.15) is 0 Å². The number of allylic oxidation sites excluding steroid dienone is 2. The fourth-order valence-electron chi connectivity index (χ4n) is 3.96. The molecule has 1 aliphatic rings. The van der Waals surface area contributed by atoms with Gasteiger partial charge in [0.05, 0.1) is 5.56 Å². The zero-order valence-corrected chi connectivity index (χ0v) is 15.3. The smallest absolute Gasteiger partial charge is 0.328 e. The second-order valence-electron chi connectivity index (χ2n) is 6.98. The molecule has 6 nitrogen and oxygen atoms in total. The minimum absolute atomic E-state index is 0.124. The largest absolute Gasteiger partial charge is 0.494 e. The molecule has 0 amide bonds. The molecule has 6 heteroatoms. The first-order valence-electron chi connectivity index (χ1n) is 9.22. The first kappa shape index (κ1) is 17.1. The van der Waals surface area contributed by atoms with Gasteiger partial charge < -0.3 is 10.1 Å². The van der Waals surface area contributed by atoms with Crippen molar-refractivity contribution in [1.82, 2.24) is 15.0 Å². The Bertz CT molecular complexity index is 1520. The average Bonchev–Trinajstić information content (AvgIpc) is 3.11. The van der Waals surface area contributed by atoms with Gasteiger partial charge in [-0.1, -0.05) is 54.6 Å². The van der Waals surface area contributed by atoms with Crippen LogP contribution in [0.3, 0.4) is 0 Å². The van der Waals surface area contributed by atoms with Crippen LogP contribution >= 0.6 is 0 Å². The van der Waals surface area contributed by atoms with Crippen molar-refractivity contribution in [1.29, 1.82) is 0 Å². The molecule has 142 valence electrons. The van der Waals surface area contributed by atoms with E-state index in [4.69, 9.17) is 0 Å². The van der Waals surface area contributed by atoms with Crippen LogP contribution in [0.1, 0.15) is 22.6 Å². The van der Waals surface area contributed by atoms with Gasteiger partial charge in [0.25, 0.3) is 5.56 Å². The first-order chi connectivity index (χ1) is 14.1. The molecular weight excluding hydrogens is 366 g/mol. The predicted octanol–water partition coefficient (Wildman–Crippen LogP) is 1.56. The number of hydrogen-bond acceptors (Lipinski definition) is 3. The van der Waals surface area contributed by atoms with Crippen molar-refractivity contribution >= 4 is 23.1 Å². The van der Waals surface area contributed by atoms with E-state index in [1.165, 1.54) is 0 Å². The summed E-state index contributed by atoms with van der Waals surface area (Å²) in [4.78, 5) is 31.5. The fourth-order valence-corrected chi connectivity index (χ4v) is 3.96. The Morgan fingerprint density at radius 3 is 2.72 bits per heavy atom. The summed E-state index contributed by atoms with van der Waals surface area (Å²) in [5, 5.41) is 13.3. The van der Waals surface area contributed by atoms with Crippen LogP contribution < -0.4 is 21.7 Å². The van der Waals surface area contributed by atoms with Crippen molar-refractivity contribution < 1.29 is 5.11 Å². The Morgan fingerprint density at radius 1 is 1.00 bits per heavy atom. The average molecular weight is 383 g/mol. The third-order valence-corrected chi connectivity index (χ3v) is 5.28. The highest BCUT2D eigenvalue weighted by Crippen LogP contribution is 2.27. The van der Waals surface area contributed by atoms with Crippen molar-refractivity contribution in [3.05, 3.63) is 109 Å². The first-order valence-corrected chi connectivity index (χ1v) is 9.22. The summed E-state index contributed by atoms with van der Waals surface area (Å²) in [6.07, 6.45) is 9.76. The third kappa shape index (κ3) is 2.82. The Balaban J connectivity index is 1.73. The van der Waals surface area contributed by atoms with Crippen LogP contribution in [0.15, 0.2) is 70.4 Å².